The Morgan fingerprint density at radius 3 is 2.61 bits per heavy atom. The fourth-order valence-corrected chi connectivity index (χ4v) is 2.69. The van der Waals surface area contributed by atoms with Gasteiger partial charge in [-0.2, -0.15) is 0 Å². The van der Waals surface area contributed by atoms with Crippen LogP contribution in [0.5, 0.6) is 0 Å². The van der Waals surface area contributed by atoms with Crippen molar-refractivity contribution in [2.24, 2.45) is 0 Å². The molecule has 2 rings (SSSR count). The summed E-state index contributed by atoms with van der Waals surface area (Å²) in [5.74, 6) is 0.971. The Balaban J connectivity index is 2.29. The van der Waals surface area contributed by atoms with Crippen molar-refractivity contribution >= 4 is 17.4 Å². The van der Waals surface area contributed by atoms with Gasteiger partial charge in [-0.1, -0.05) is 24.9 Å². The summed E-state index contributed by atoms with van der Waals surface area (Å²) in [6.07, 6.45) is 3.93. The molecule has 5 heteroatoms. The average molecular weight is 270 g/mol. The third-order valence-corrected chi connectivity index (χ3v) is 3.41. The van der Waals surface area contributed by atoms with Crippen LogP contribution in [-0.2, 0) is 11.2 Å². The van der Waals surface area contributed by atoms with Gasteiger partial charge in [-0.15, -0.1) is 0 Å². The van der Waals surface area contributed by atoms with E-state index in [0.717, 1.165) is 37.3 Å². The number of morpholine rings is 1. The molecule has 2 unspecified atom stereocenters. The van der Waals surface area contributed by atoms with E-state index in [9.17, 15) is 0 Å². The number of hydrogen-bond donors (Lipinski definition) is 0. The van der Waals surface area contributed by atoms with E-state index in [1.807, 2.05) is 0 Å². The smallest absolute Gasteiger partial charge is 0.137 e. The van der Waals surface area contributed by atoms with Crippen LogP contribution in [0.3, 0.4) is 0 Å². The highest BCUT2D eigenvalue weighted by atomic mass is 35.5. The molecule has 1 aliphatic rings. The van der Waals surface area contributed by atoms with Crippen molar-refractivity contribution in [1.82, 2.24) is 9.97 Å². The molecule has 1 fully saturated rings. The van der Waals surface area contributed by atoms with Gasteiger partial charge < -0.3 is 9.64 Å². The van der Waals surface area contributed by atoms with E-state index in [0.29, 0.717) is 5.15 Å². The van der Waals surface area contributed by atoms with Crippen LogP contribution in [0.25, 0.3) is 0 Å². The second-order valence-electron chi connectivity index (χ2n) is 4.88. The number of hydrogen-bond acceptors (Lipinski definition) is 4. The number of aromatic nitrogens is 2. The summed E-state index contributed by atoms with van der Waals surface area (Å²) in [4.78, 5) is 10.8. The minimum absolute atomic E-state index is 0.219. The molecular formula is C13H20ClN3O. The maximum atomic E-state index is 6.19. The number of nitrogens with zero attached hydrogens (tertiary/aromatic N) is 3. The largest absolute Gasteiger partial charge is 0.372 e. The van der Waals surface area contributed by atoms with Crippen LogP contribution in [0.15, 0.2) is 6.33 Å². The molecule has 0 spiro atoms. The van der Waals surface area contributed by atoms with Gasteiger partial charge in [0, 0.05) is 18.7 Å². The Labute approximate surface area is 113 Å². The second-order valence-corrected chi connectivity index (χ2v) is 5.24. The van der Waals surface area contributed by atoms with Gasteiger partial charge in [-0.3, -0.25) is 0 Å². The molecular weight excluding hydrogens is 250 g/mol. The molecule has 0 bridgehead atoms. The summed E-state index contributed by atoms with van der Waals surface area (Å²) in [7, 11) is 0. The lowest BCUT2D eigenvalue weighted by atomic mass is 10.1. The maximum Gasteiger partial charge on any atom is 0.137 e. The highest BCUT2D eigenvalue weighted by Gasteiger charge is 2.25. The molecule has 0 radical (unpaired) electrons. The Kier molecular flexibility index (Phi) is 4.40. The quantitative estimate of drug-likeness (QED) is 0.791. The van der Waals surface area contributed by atoms with E-state index in [1.165, 1.54) is 0 Å². The Morgan fingerprint density at radius 2 is 2.00 bits per heavy atom. The lowest BCUT2D eigenvalue weighted by Crippen LogP contribution is -2.46. The predicted molar refractivity (Wildman–Crippen MR) is 73.3 cm³/mol. The zero-order valence-electron chi connectivity index (χ0n) is 11.2. The number of ether oxygens (including phenoxy) is 1. The molecule has 0 aromatic carbocycles. The lowest BCUT2D eigenvalue weighted by Gasteiger charge is -2.36. The fourth-order valence-electron chi connectivity index (χ4n) is 2.47. The van der Waals surface area contributed by atoms with Crippen LogP contribution < -0.4 is 4.90 Å². The van der Waals surface area contributed by atoms with Crippen LogP contribution in [0.2, 0.25) is 5.15 Å². The highest BCUT2D eigenvalue weighted by molar-refractivity contribution is 6.30. The third kappa shape index (κ3) is 2.93. The van der Waals surface area contributed by atoms with Gasteiger partial charge in [0.1, 0.15) is 17.3 Å². The summed E-state index contributed by atoms with van der Waals surface area (Å²) in [5.41, 5.74) is 1.06. The van der Waals surface area contributed by atoms with Crippen molar-refractivity contribution in [2.45, 2.75) is 45.8 Å². The molecule has 0 N–H and O–H groups in total. The SMILES string of the molecule is CCCc1c(Cl)ncnc1N1CC(C)OC(C)C1. The average Bonchev–Trinajstić information content (AvgIpc) is 2.30. The standard InChI is InChI=1S/C13H20ClN3O/c1-4-5-11-12(14)15-8-16-13(11)17-6-9(2)18-10(3)7-17/h8-10H,4-7H2,1-3H3. The van der Waals surface area contributed by atoms with E-state index in [2.05, 4.69) is 35.6 Å². The van der Waals surface area contributed by atoms with Gasteiger partial charge >= 0.3 is 0 Å². The van der Waals surface area contributed by atoms with E-state index < -0.39 is 0 Å². The van der Waals surface area contributed by atoms with Crippen LogP contribution in [0, 0.1) is 0 Å². The van der Waals surface area contributed by atoms with Crippen LogP contribution in [-0.4, -0.2) is 35.3 Å². The van der Waals surface area contributed by atoms with Crippen molar-refractivity contribution in [3.05, 3.63) is 17.0 Å². The van der Waals surface area contributed by atoms with Crippen LogP contribution in [0.1, 0.15) is 32.8 Å². The number of anilines is 1. The van der Waals surface area contributed by atoms with Crippen molar-refractivity contribution in [2.75, 3.05) is 18.0 Å². The predicted octanol–water partition coefficient (Wildman–Crippen LogP) is 2.70. The fraction of sp³-hybridized carbons (Fsp3) is 0.692. The minimum Gasteiger partial charge on any atom is -0.372 e. The third-order valence-electron chi connectivity index (χ3n) is 3.09. The maximum absolute atomic E-state index is 6.19. The number of halogens is 1. The van der Waals surface area contributed by atoms with E-state index >= 15 is 0 Å². The first kappa shape index (κ1) is 13.6. The van der Waals surface area contributed by atoms with Crippen LogP contribution >= 0.6 is 11.6 Å². The molecule has 1 saturated heterocycles. The van der Waals surface area contributed by atoms with Crippen LogP contribution in [0.4, 0.5) is 5.82 Å². The Bertz CT molecular complexity index is 403. The first-order chi connectivity index (χ1) is 8.61. The summed E-state index contributed by atoms with van der Waals surface area (Å²) in [6.45, 7) is 8.02. The molecule has 0 amide bonds. The van der Waals surface area contributed by atoms with E-state index in [4.69, 9.17) is 16.3 Å². The molecule has 2 heterocycles. The molecule has 0 saturated carbocycles. The first-order valence-electron chi connectivity index (χ1n) is 6.51. The van der Waals surface area contributed by atoms with Crippen molar-refractivity contribution < 1.29 is 4.74 Å². The minimum atomic E-state index is 0.219. The first-order valence-corrected chi connectivity index (χ1v) is 6.89. The molecule has 1 aliphatic heterocycles. The summed E-state index contributed by atoms with van der Waals surface area (Å²) < 4.78 is 5.75. The summed E-state index contributed by atoms with van der Waals surface area (Å²) in [6, 6.07) is 0. The van der Waals surface area contributed by atoms with Gasteiger partial charge in [0.15, 0.2) is 0 Å². The summed E-state index contributed by atoms with van der Waals surface area (Å²) in [5, 5.41) is 0.577. The molecule has 18 heavy (non-hydrogen) atoms. The van der Waals surface area contributed by atoms with Crippen molar-refractivity contribution in [1.29, 1.82) is 0 Å². The molecule has 2 atom stereocenters. The highest BCUT2D eigenvalue weighted by Crippen LogP contribution is 2.27. The zero-order valence-corrected chi connectivity index (χ0v) is 11.9. The van der Waals surface area contributed by atoms with Gasteiger partial charge in [0.25, 0.3) is 0 Å². The van der Waals surface area contributed by atoms with Gasteiger partial charge in [0.2, 0.25) is 0 Å². The van der Waals surface area contributed by atoms with Crippen molar-refractivity contribution in [3.8, 4) is 0 Å². The van der Waals surface area contributed by atoms with E-state index in [1.54, 1.807) is 6.33 Å². The number of rotatable bonds is 3. The topological polar surface area (TPSA) is 38.2 Å². The molecule has 0 aliphatic carbocycles. The Morgan fingerprint density at radius 1 is 1.33 bits per heavy atom. The monoisotopic (exact) mass is 269 g/mol. The zero-order chi connectivity index (χ0) is 13.1. The van der Waals surface area contributed by atoms with Gasteiger partial charge in [0.05, 0.1) is 12.2 Å². The summed E-state index contributed by atoms with van der Waals surface area (Å²) >= 11 is 6.19. The van der Waals surface area contributed by atoms with Crippen molar-refractivity contribution in [3.63, 3.8) is 0 Å². The second kappa shape index (κ2) is 5.85. The molecule has 1 aromatic heterocycles. The molecule has 4 nitrogen and oxygen atoms in total. The molecule has 1 aromatic rings. The normalized spacial score (nSPS) is 24.3. The molecule has 100 valence electrons. The lowest BCUT2D eigenvalue weighted by molar-refractivity contribution is -0.00551. The van der Waals surface area contributed by atoms with E-state index in [-0.39, 0.29) is 12.2 Å². The Hall–Kier alpha value is -0.870. The van der Waals surface area contributed by atoms with Gasteiger partial charge in [-0.05, 0) is 20.3 Å². The van der Waals surface area contributed by atoms with Gasteiger partial charge in [-0.25, -0.2) is 9.97 Å².